The normalized spacial score (nSPS) is 16.6. The van der Waals surface area contributed by atoms with Crippen molar-refractivity contribution in [2.45, 2.75) is 19.8 Å². The number of aromatic amines is 1. The lowest BCUT2D eigenvalue weighted by atomic mass is 9.86. The maximum absolute atomic E-state index is 12.4. The Balaban J connectivity index is 1.93. The zero-order chi connectivity index (χ0) is 17.4. The standard InChI is InChI=1S/C17H14Cl2N2O3/c1-8-4-14-10(15(22)5-8)7-11(17(24)21-14)16(23)20-9-2-3-12(18)13(19)6-9/h2-3,6-8H,4-5H2,1H3,(H,20,23)(H,21,24). The topological polar surface area (TPSA) is 79.0 Å². The first-order valence-corrected chi connectivity index (χ1v) is 8.16. The number of pyridine rings is 1. The number of Topliss-reactive ketones (excluding diaryl/α,β-unsaturated/α-hetero) is 1. The molecule has 24 heavy (non-hydrogen) atoms. The van der Waals surface area contributed by atoms with Crippen molar-refractivity contribution in [3.05, 3.63) is 61.5 Å². The summed E-state index contributed by atoms with van der Waals surface area (Å²) in [4.78, 5) is 39.3. The van der Waals surface area contributed by atoms with Gasteiger partial charge in [0.05, 0.1) is 10.0 Å². The van der Waals surface area contributed by atoms with E-state index < -0.39 is 11.5 Å². The summed E-state index contributed by atoms with van der Waals surface area (Å²) in [6.07, 6.45) is 1.03. The minimum Gasteiger partial charge on any atom is -0.325 e. The van der Waals surface area contributed by atoms with Gasteiger partial charge >= 0.3 is 0 Å². The van der Waals surface area contributed by atoms with Crippen LogP contribution in [0, 0.1) is 5.92 Å². The molecule has 124 valence electrons. The van der Waals surface area contributed by atoms with Crippen LogP contribution in [0.3, 0.4) is 0 Å². The van der Waals surface area contributed by atoms with Crippen molar-refractivity contribution in [1.82, 2.24) is 4.98 Å². The van der Waals surface area contributed by atoms with Crippen molar-refractivity contribution in [2.75, 3.05) is 5.32 Å². The molecule has 0 spiro atoms. The number of rotatable bonds is 2. The summed E-state index contributed by atoms with van der Waals surface area (Å²) in [6, 6.07) is 5.98. The highest BCUT2D eigenvalue weighted by Crippen LogP contribution is 2.26. The van der Waals surface area contributed by atoms with Gasteiger partial charge in [-0.3, -0.25) is 14.4 Å². The molecule has 1 heterocycles. The van der Waals surface area contributed by atoms with Crippen LogP contribution in [0.5, 0.6) is 0 Å². The first-order valence-electron chi connectivity index (χ1n) is 7.41. The highest BCUT2D eigenvalue weighted by molar-refractivity contribution is 6.42. The zero-order valence-corrected chi connectivity index (χ0v) is 14.3. The Kier molecular flexibility index (Phi) is 4.47. The van der Waals surface area contributed by atoms with Gasteiger partial charge in [0.2, 0.25) is 0 Å². The predicted octanol–water partition coefficient (Wildman–Crippen LogP) is 3.70. The molecule has 0 bridgehead atoms. The van der Waals surface area contributed by atoms with Crippen molar-refractivity contribution in [3.8, 4) is 0 Å². The second-order valence-corrected chi connectivity index (χ2v) is 6.74. The van der Waals surface area contributed by atoms with Crippen molar-refractivity contribution >= 4 is 40.6 Å². The molecule has 1 atom stereocenters. The number of fused-ring (bicyclic) bond motifs is 1. The number of hydrogen-bond acceptors (Lipinski definition) is 3. The van der Waals surface area contributed by atoms with E-state index in [1.807, 2.05) is 6.92 Å². The van der Waals surface area contributed by atoms with E-state index in [1.54, 1.807) is 12.1 Å². The summed E-state index contributed by atoms with van der Waals surface area (Å²) >= 11 is 11.7. The van der Waals surface area contributed by atoms with Gasteiger partial charge < -0.3 is 10.3 Å². The van der Waals surface area contributed by atoms with E-state index in [9.17, 15) is 14.4 Å². The maximum Gasteiger partial charge on any atom is 0.261 e. The first-order chi connectivity index (χ1) is 11.3. The molecule has 0 saturated carbocycles. The Hall–Kier alpha value is -2.11. The van der Waals surface area contributed by atoms with Gasteiger partial charge in [0.1, 0.15) is 5.56 Å². The van der Waals surface area contributed by atoms with Crippen LogP contribution in [0.1, 0.15) is 39.8 Å². The third kappa shape index (κ3) is 3.23. The number of ketones is 1. The summed E-state index contributed by atoms with van der Waals surface area (Å²) in [7, 11) is 0. The third-order valence-corrected chi connectivity index (χ3v) is 4.67. The molecule has 3 rings (SSSR count). The third-order valence-electron chi connectivity index (χ3n) is 3.93. The molecule has 1 unspecified atom stereocenters. The van der Waals surface area contributed by atoms with Crippen LogP contribution in [0.25, 0.3) is 0 Å². The van der Waals surface area contributed by atoms with Gasteiger partial charge in [-0.15, -0.1) is 0 Å². The number of aromatic nitrogens is 1. The second kappa shape index (κ2) is 6.42. The Morgan fingerprint density at radius 2 is 1.92 bits per heavy atom. The van der Waals surface area contributed by atoms with Gasteiger partial charge in [-0.2, -0.15) is 0 Å². The minimum atomic E-state index is -0.608. The van der Waals surface area contributed by atoms with Crippen LogP contribution in [0.4, 0.5) is 5.69 Å². The molecular formula is C17H14Cl2N2O3. The molecule has 0 radical (unpaired) electrons. The van der Waals surface area contributed by atoms with Crippen molar-refractivity contribution < 1.29 is 9.59 Å². The van der Waals surface area contributed by atoms with Gasteiger partial charge in [-0.25, -0.2) is 0 Å². The van der Waals surface area contributed by atoms with E-state index in [1.165, 1.54) is 12.1 Å². The molecule has 1 aliphatic rings. The average Bonchev–Trinajstić information content (AvgIpc) is 2.50. The van der Waals surface area contributed by atoms with Crippen LogP contribution in [0.15, 0.2) is 29.1 Å². The van der Waals surface area contributed by atoms with Gasteiger partial charge in [0.25, 0.3) is 11.5 Å². The van der Waals surface area contributed by atoms with E-state index in [0.29, 0.717) is 34.8 Å². The summed E-state index contributed by atoms with van der Waals surface area (Å²) < 4.78 is 0. The Bertz CT molecular complexity index is 905. The number of anilines is 1. The predicted molar refractivity (Wildman–Crippen MR) is 93.3 cm³/mol. The number of hydrogen-bond donors (Lipinski definition) is 2. The molecule has 1 aliphatic carbocycles. The van der Waals surface area contributed by atoms with Gasteiger partial charge in [-0.05, 0) is 36.6 Å². The second-order valence-electron chi connectivity index (χ2n) is 5.92. The molecule has 0 fully saturated rings. The number of H-pyrrole nitrogens is 1. The van der Waals surface area contributed by atoms with Crippen LogP contribution in [-0.4, -0.2) is 16.7 Å². The molecule has 2 aromatic rings. The molecule has 5 nitrogen and oxygen atoms in total. The number of amides is 1. The Morgan fingerprint density at radius 3 is 2.62 bits per heavy atom. The molecule has 7 heteroatoms. The Morgan fingerprint density at radius 1 is 1.17 bits per heavy atom. The molecule has 1 amide bonds. The molecule has 2 N–H and O–H groups in total. The van der Waals surface area contributed by atoms with E-state index in [4.69, 9.17) is 23.2 Å². The molecule has 0 aliphatic heterocycles. The van der Waals surface area contributed by atoms with Gasteiger partial charge in [0, 0.05) is 23.4 Å². The summed E-state index contributed by atoms with van der Waals surface area (Å²) in [6.45, 7) is 1.95. The fourth-order valence-electron chi connectivity index (χ4n) is 2.77. The minimum absolute atomic E-state index is 0.0661. The van der Waals surface area contributed by atoms with Crippen molar-refractivity contribution in [3.63, 3.8) is 0 Å². The molecule has 1 aromatic heterocycles. The molecule has 0 saturated heterocycles. The lowest BCUT2D eigenvalue weighted by Crippen LogP contribution is -2.29. The lowest BCUT2D eigenvalue weighted by Gasteiger charge is -2.20. The summed E-state index contributed by atoms with van der Waals surface area (Å²) in [5, 5.41) is 3.24. The van der Waals surface area contributed by atoms with Crippen molar-refractivity contribution in [1.29, 1.82) is 0 Å². The van der Waals surface area contributed by atoms with Crippen molar-refractivity contribution in [2.24, 2.45) is 5.92 Å². The highest BCUT2D eigenvalue weighted by Gasteiger charge is 2.25. The number of carbonyl (C=O) groups excluding carboxylic acids is 2. The average molecular weight is 365 g/mol. The van der Waals surface area contributed by atoms with E-state index in [-0.39, 0.29) is 22.3 Å². The number of carbonyl (C=O) groups is 2. The quantitative estimate of drug-likeness (QED) is 0.852. The van der Waals surface area contributed by atoms with Gasteiger partial charge in [0.15, 0.2) is 5.78 Å². The molecular weight excluding hydrogens is 351 g/mol. The fraction of sp³-hybridized carbons (Fsp3) is 0.235. The van der Waals surface area contributed by atoms with E-state index in [0.717, 1.165) is 0 Å². The SMILES string of the molecule is CC1CC(=O)c2cc(C(=O)Nc3ccc(Cl)c(Cl)c3)c(=O)[nH]c2C1. The van der Waals surface area contributed by atoms with Crippen LogP contribution in [-0.2, 0) is 6.42 Å². The maximum atomic E-state index is 12.4. The number of benzene rings is 1. The van der Waals surface area contributed by atoms with E-state index in [2.05, 4.69) is 10.3 Å². The smallest absolute Gasteiger partial charge is 0.261 e. The van der Waals surface area contributed by atoms with Crippen LogP contribution in [0.2, 0.25) is 10.0 Å². The first kappa shape index (κ1) is 16.7. The lowest BCUT2D eigenvalue weighted by molar-refractivity contribution is 0.0952. The monoisotopic (exact) mass is 364 g/mol. The number of halogens is 2. The summed E-state index contributed by atoms with van der Waals surface area (Å²) in [5.74, 6) is -0.496. The number of nitrogens with one attached hydrogen (secondary N) is 2. The zero-order valence-electron chi connectivity index (χ0n) is 12.8. The fourth-order valence-corrected chi connectivity index (χ4v) is 3.06. The molecule has 1 aromatic carbocycles. The van der Waals surface area contributed by atoms with E-state index >= 15 is 0 Å². The van der Waals surface area contributed by atoms with Crippen LogP contribution >= 0.6 is 23.2 Å². The highest BCUT2D eigenvalue weighted by atomic mass is 35.5. The Labute approximate surface area is 148 Å². The van der Waals surface area contributed by atoms with Crippen LogP contribution < -0.4 is 10.9 Å². The van der Waals surface area contributed by atoms with Gasteiger partial charge in [-0.1, -0.05) is 30.1 Å². The summed E-state index contributed by atoms with van der Waals surface area (Å²) in [5.41, 5.74) is 0.782. The largest absolute Gasteiger partial charge is 0.325 e.